The molecule has 1 aromatic heterocycles. The maximum atomic E-state index is 12.6. The predicted octanol–water partition coefficient (Wildman–Crippen LogP) is 3.19. The molecule has 2 N–H and O–H groups in total. The van der Waals surface area contributed by atoms with Gasteiger partial charge in [0.2, 0.25) is 0 Å². The van der Waals surface area contributed by atoms with Crippen molar-refractivity contribution in [2.75, 3.05) is 4.72 Å². The second-order valence-corrected chi connectivity index (χ2v) is 8.38. The van der Waals surface area contributed by atoms with Crippen LogP contribution in [-0.4, -0.2) is 24.7 Å². The van der Waals surface area contributed by atoms with E-state index in [0.29, 0.717) is 11.7 Å². The van der Waals surface area contributed by atoms with E-state index in [1.54, 1.807) is 18.2 Å². The van der Waals surface area contributed by atoms with E-state index in [2.05, 4.69) is 14.9 Å². The summed E-state index contributed by atoms with van der Waals surface area (Å²) in [6.45, 7) is 1.97. The van der Waals surface area contributed by atoms with Gasteiger partial charge in [0.05, 0.1) is 4.90 Å². The van der Waals surface area contributed by atoms with Crippen molar-refractivity contribution in [3.05, 3.63) is 35.5 Å². The molecule has 1 aliphatic carbocycles. The van der Waals surface area contributed by atoms with Crippen molar-refractivity contribution in [2.45, 2.75) is 55.9 Å². The minimum atomic E-state index is -3.65. The molecule has 4 rings (SSSR count). The molecule has 128 valence electrons. The standard InChI is InChI=1S/C17H21N3O3S/c1-11-8-13-9-14(6-7-16(13)23-11)24(21,22)20-17-10-15(18-19-17)12-4-2-3-5-12/h6-7,9-12H,2-5,8H2,1H3,(H2,18,19,20). The van der Waals surface area contributed by atoms with Crippen molar-refractivity contribution in [3.63, 3.8) is 0 Å². The first-order valence-electron chi connectivity index (χ1n) is 8.39. The first-order chi connectivity index (χ1) is 11.5. The summed E-state index contributed by atoms with van der Waals surface area (Å²) in [4.78, 5) is 0.240. The average molecular weight is 347 g/mol. The van der Waals surface area contributed by atoms with Gasteiger partial charge in [-0.25, -0.2) is 8.42 Å². The molecule has 24 heavy (non-hydrogen) atoms. The summed E-state index contributed by atoms with van der Waals surface area (Å²) in [5.41, 5.74) is 1.94. The lowest BCUT2D eigenvalue weighted by Crippen LogP contribution is -2.13. The second-order valence-electron chi connectivity index (χ2n) is 6.70. The minimum Gasteiger partial charge on any atom is -0.490 e. The Morgan fingerprint density at radius 1 is 1.25 bits per heavy atom. The first kappa shape index (κ1) is 15.5. The quantitative estimate of drug-likeness (QED) is 0.889. The molecule has 0 bridgehead atoms. The molecule has 1 aromatic carbocycles. The number of ether oxygens (including phenoxy) is 1. The number of aromatic amines is 1. The van der Waals surface area contributed by atoms with Crippen LogP contribution in [0.5, 0.6) is 5.75 Å². The van der Waals surface area contributed by atoms with Crippen LogP contribution in [0.2, 0.25) is 0 Å². The molecule has 2 aromatic rings. The Morgan fingerprint density at radius 3 is 2.83 bits per heavy atom. The highest BCUT2D eigenvalue weighted by Crippen LogP contribution is 2.34. The minimum absolute atomic E-state index is 0.0891. The van der Waals surface area contributed by atoms with E-state index in [0.717, 1.165) is 36.3 Å². The van der Waals surface area contributed by atoms with E-state index in [1.165, 1.54) is 12.8 Å². The number of rotatable bonds is 4. The number of nitrogens with zero attached hydrogens (tertiary/aromatic N) is 1. The lowest BCUT2D eigenvalue weighted by atomic mass is 10.1. The van der Waals surface area contributed by atoms with Crippen LogP contribution in [0.3, 0.4) is 0 Å². The fraction of sp³-hybridized carbons (Fsp3) is 0.471. The van der Waals surface area contributed by atoms with Crippen LogP contribution in [0.15, 0.2) is 29.2 Å². The number of H-pyrrole nitrogens is 1. The summed E-state index contributed by atoms with van der Waals surface area (Å²) < 4.78 is 33.4. The highest BCUT2D eigenvalue weighted by atomic mass is 32.2. The van der Waals surface area contributed by atoms with Crippen molar-refractivity contribution >= 4 is 15.8 Å². The van der Waals surface area contributed by atoms with Crippen LogP contribution in [-0.2, 0) is 16.4 Å². The van der Waals surface area contributed by atoms with Gasteiger partial charge in [-0.3, -0.25) is 9.82 Å². The van der Waals surface area contributed by atoms with E-state index in [1.807, 2.05) is 13.0 Å². The third-order valence-electron chi connectivity index (χ3n) is 4.81. The molecule has 1 unspecified atom stereocenters. The summed E-state index contributed by atoms with van der Waals surface area (Å²) >= 11 is 0. The number of benzene rings is 1. The van der Waals surface area contributed by atoms with Crippen molar-refractivity contribution in [1.29, 1.82) is 0 Å². The van der Waals surface area contributed by atoms with Crippen LogP contribution < -0.4 is 9.46 Å². The third kappa shape index (κ3) is 2.88. The molecule has 1 atom stereocenters. The van der Waals surface area contributed by atoms with Crippen LogP contribution in [0.25, 0.3) is 0 Å². The van der Waals surface area contributed by atoms with Crippen LogP contribution in [0.1, 0.15) is 49.8 Å². The topological polar surface area (TPSA) is 84.1 Å². The van der Waals surface area contributed by atoms with Gasteiger partial charge in [-0.1, -0.05) is 12.8 Å². The Bertz CT molecular complexity index is 854. The largest absolute Gasteiger partial charge is 0.490 e. The molecular formula is C17H21N3O3S. The molecule has 0 amide bonds. The lowest BCUT2D eigenvalue weighted by Gasteiger charge is -2.07. The SMILES string of the molecule is CC1Cc2cc(S(=O)(=O)Nc3cc(C4CCCC4)[nH]n3)ccc2O1. The van der Waals surface area contributed by atoms with E-state index < -0.39 is 10.0 Å². The molecular weight excluding hydrogens is 326 g/mol. The van der Waals surface area contributed by atoms with Crippen LogP contribution >= 0.6 is 0 Å². The first-order valence-corrected chi connectivity index (χ1v) is 9.87. The highest BCUT2D eigenvalue weighted by molar-refractivity contribution is 7.92. The van der Waals surface area contributed by atoms with Crippen molar-refractivity contribution in [1.82, 2.24) is 10.2 Å². The predicted molar refractivity (Wildman–Crippen MR) is 90.8 cm³/mol. The van der Waals surface area contributed by atoms with Crippen LogP contribution in [0, 0.1) is 0 Å². The number of hydrogen-bond acceptors (Lipinski definition) is 4. The second kappa shape index (κ2) is 5.81. The number of fused-ring (bicyclic) bond motifs is 1. The Kier molecular flexibility index (Phi) is 3.75. The lowest BCUT2D eigenvalue weighted by molar-refractivity contribution is 0.254. The number of aromatic nitrogens is 2. The summed E-state index contributed by atoms with van der Waals surface area (Å²) in [5.74, 6) is 1.58. The molecule has 6 nitrogen and oxygen atoms in total. The van der Waals surface area contributed by atoms with E-state index >= 15 is 0 Å². The molecule has 1 saturated carbocycles. The summed E-state index contributed by atoms with van der Waals surface area (Å²) in [5, 5.41) is 7.09. The van der Waals surface area contributed by atoms with Gasteiger partial charge in [0.15, 0.2) is 5.82 Å². The Morgan fingerprint density at radius 2 is 2.04 bits per heavy atom. The van der Waals surface area contributed by atoms with Gasteiger partial charge < -0.3 is 4.74 Å². The highest BCUT2D eigenvalue weighted by Gasteiger charge is 2.24. The third-order valence-corrected chi connectivity index (χ3v) is 6.16. The monoisotopic (exact) mass is 347 g/mol. The average Bonchev–Trinajstić information content (AvgIpc) is 3.24. The van der Waals surface area contributed by atoms with E-state index in [4.69, 9.17) is 4.74 Å². The number of hydrogen-bond donors (Lipinski definition) is 2. The molecule has 1 aliphatic heterocycles. The van der Waals surface area contributed by atoms with Crippen molar-refractivity contribution in [2.24, 2.45) is 0 Å². The van der Waals surface area contributed by atoms with Crippen LogP contribution in [0.4, 0.5) is 5.82 Å². The molecule has 0 spiro atoms. The Labute approximate surface area is 141 Å². The van der Waals surface area contributed by atoms with Gasteiger partial charge in [0, 0.05) is 24.1 Å². The molecule has 1 fully saturated rings. The fourth-order valence-electron chi connectivity index (χ4n) is 3.60. The number of anilines is 1. The molecule has 0 radical (unpaired) electrons. The number of sulfonamides is 1. The maximum absolute atomic E-state index is 12.6. The zero-order valence-electron chi connectivity index (χ0n) is 13.6. The number of nitrogens with one attached hydrogen (secondary N) is 2. The van der Waals surface area contributed by atoms with Crippen molar-refractivity contribution < 1.29 is 13.2 Å². The van der Waals surface area contributed by atoms with E-state index in [-0.39, 0.29) is 11.0 Å². The van der Waals surface area contributed by atoms with Gasteiger partial charge in [-0.15, -0.1) is 0 Å². The molecule has 7 heteroatoms. The zero-order chi connectivity index (χ0) is 16.7. The summed E-state index contributed by atoms with van der Waals surface area (Å²) in [6.07, 6.45) is 5.54. The molecule has 2 aliphatic rings. The zero-order valence-corrected chi connectivity index (χ0v) is 14.4. The summed E-state index contributed by atoms with van der Waals surface area (Å²) in [7, 11) is -3.65. The summed E-state index contributed by atoms with van der Waals surface area (Å²) in [6, 6.07) is 6.80. The van der Waals surface area contributed by atoms with Gasteiger partial charge >= 0.3 is 0 Å². The smallest absolute Gasteiger partial charge is 0.263 e. The maximum Gasteiger partial charge on any atom is 0.263 e. The van der Waals surface area contributed by atoms with Gasteiger partial charge in [0.1, 0.15) is 11.9 Å². The fourth-order valence-corrected chi connectivity index (χ4v) is 4.64. The normalized spacial score (nSPS) is 20.8. The molecule has 2 heterocycles. The van der Waals surface area contributed by atoms with Gasteiger partial charge in [-0.2, -0.15) is 5.10 Å². The van der Waals surface area contributed by atoms with Crippen molar-refractivity contribution in [3.8, 4) is 5.75 Å². The Balaban J connectivity index is 1.54. The molecule has 0 saturated heterocycles. The van der Waals surface area contributed by atoms with E-state index in [9.17, 15) is 8.42 Å². The van der Waals surface area contributed by atoms with Gasteiger partial charge in [-0.05, 0) is 43.5 Å². The Hall–Kier alpha value is -2.02. The van der Waals surface area contributed by atoms with Gasteiger partial charge in [0.25, 0.3) is 10.0 Å².